The number of benzene rings is 2. The molecule has 4 rings (SSSR count). The summed E-state index contributed by atoms with van der Waals surface area (Å²) in [6, 6.07) is 13.5. The summed E-state index contributed by atoms with van der Waals surface area (Å²) in [5, 5.41) is 0. The van der Waals surface area contributed by atoms with Crippen molar-refractivity contribution in [3.8, 4) is 11.5 Å². The fraction of sp³-hybridized carbons (Fsp3) is 0.318. The second-order valence-corrected chi connectivity index (χ2v) is 7.27. The molecule has 1 fully saturated rings. The Labute approximate surface area is 167 Å². The van der Waals surface area contributed by atoms with E-state index in [9.17, 15) is 13.2 Å². The Morgan fingerprint density at radius 3 is 2.48 bits per heavy atom. The van der Waals surface area contributed by atoms with Crippen molar-refractivity contribution >= 4 is 5.69 Å². The quantitative estimate of drug-likeness (QED) is 0.617. The number of aromatic nitrogens is 1. The monoisotopic (exact) mass is 401 g/mol. The van der Waals surface area contributed by atoms with Crippen molar-refractivity contribution in [2.45, 2.75) is 19.6 Å². The Kier molecular flexibility index (Phi) is 5.32. The van der Waals surface area contributed by atoms with Crippen molar-refractivity contribution in [3.05, 3.63) is 71.6 Å². The molecule has 29 heavy (non-hydrogen) atoms. The Morgan fingerprint density at radius 2 is 1.76 bits per heavy atom. The third-order valence-corrected chi connectivity index (χ3v) is 5.22. The van der Waals surface area contributed by atoms with Crippen molar-refractivity contribution < 1.29 is 17.6 Å². The van der Waals surface area contributed by atoms with Crippen LogP contribution in [0.2, 0.25) is 0 Å². The maximum absolute atomic E-state index is 12.9. The zero-order chi connectivity index (χ0) is 20.4. The molecule has 0 radical (unpaired) electrons. The summed E-state index contributed by atoms with van der Waals surface area (Å²) in [4.78, 5) is 8.84. The molecule has 0 saturated carbocycles. The van der Waals surface area contributed by atoms with Crippen LogP contribution in [0, 0.1) is 6.92 Å². The molecule has 0 atom stereocenters. The highest BCUT2D eigenvalue weighted by Gasteiger charge is 2.31. The summed E-state index contributed by atoms with van der Waals surface area (Å²) in [6.45, 7) is 5.53. The van der Waals surface area contributed by atoms with E-state index in [-0.39, 0.29) is 0 Å². The summed E-state index contributed by atoms with van der Waals surface area (Å²) in [5.74, 6) is 0.612. The second kappa shape index (κ2) is 7.91. The van der Waals surface area contributed by atoms with Gasteiger partial charge < -0.3 is 9.32 Å². The van der Waals surface area contributed by atoms with Crippen LogP contribution in [0.4, 0.5) is 18.9 Å². The van der Waals surface area contributed by atoms with E-state index in [1.165, 1.54) is 12.1 Å². The smallest absolute Gasteiger partial charge is 0.416 e. The highest BCUT2D eigenvalue weighted by atomic mass is 19.4. The Balaban J connectivity index is 1.37. The molecule has 3 aromatic rings. The van der Waals surface area contributed by atoms with Gasteiger partial charge in [-0.05, 0) is 36.8 Å². The Bertz CT molecular complexity index is 975. The Morgan fingerprint density at radius 1 is 1.00 bits per heavy atom. The lowest BCUT2D eigenvalue weighted by atomic mass is 10.1. The molecule has 2 aromatic carbocycles. The van der Waals surface area contributed by atoms with Crippen LogP contribution in [0.3, 0.4) is 0 Å². The van der Waals surface area contributed by atoms with Gasteiger partial charge in [-0.15, -0.1) is 0 Å². The molecule has 1 aromatic heterocycles. The van der Waals surface area contributed by atoms with E-state index in [0.29, 0.717) is 31.2 Å². The summed E-state index contributed by atoms with van der Waals surface area (Å²) in [6.07, 6.45) is -2.64. The predicted octanol–water partition coefficient (Wildman–Crippen LogP) is 4.99. The minimum absolute atomic E-state index is 0.608. The molecule has 0 bridgehead atoms. The van der Waals surface area contributed by atoms with Crippen LogP contribution in [0.1, 0.15) is 16.8 Å². The van der Waals surface area contributed by atoms with Gasteiger partial charge in [-0.3, -0.25) is 4.90 Å². The molecule has 4 nitrogen and oxygen atoms in total. The van der Waals surface area contributed by atoms with Crippen LogP contribution in [0.25, 0.3) is 11.5 Å². The Hall–Kier alpha value is -2.80. The molecule has 0 unspecified atom stereocenters. The van der Waals surface area contributed by atoms with E-state index in [2.05, 4.69) is 9.88 Å². The molecule has 1 aliphatic heterocycles. The van der Waals surface area contributed by atoms with Crippen molar-refractivity contribution in [1.29, 1.82) is 0 Å². The van der Waals surface area contributed by atoms with Gasteiger partial charge in [-0.1, -0.05) is 24.3 Å². The first-order valence-electron chi connectivity index (χ1n) is 9.55. The lowest BCUT2D eigenvalue weighted by Gasteiger charge is -2.36. The molecular formula is C22H22F3N3O. The largest absolute Gasteiger partial charge is 0.444 e. The van der Waals surface area contributed by atoms with Crippen molar-refractivity contribution in [1.82, 2.24) is 9.88 Å². The molecule has 7 heteroatoms. The lowest BCUT2D eigenvalue weighted by Crippen LogP contribution is -2.46. The highest BCUT2D eigenvalue weighted by Crippen LogP contribution is 2.32. The lowest BCUT2D eigenvalue weighted by molar-refractivity contribution is -0.137. The maximum atomic E-state index is 12.9. The third kappa shape index (κ3) is 4.45. The first kappa shape index (κ1) is 19.5. The van der Waals surface area contributed by atoms with Gasteiger partial charge >= 0.3 is 6.18 Å². The number of alkyl halides is 3. The van der Waals surface area contributed by atoms with Gasteiger partial charge in [0.05, 0.1) is 11.3 Å². The topological polar surface area (TPSA) is 32.5 Å². The predicted molar refractivity (Wildman–Crippen MR) is 106 cm³/mol. The number of aryl methyl sites for hydroxylation is 1. The van der Waals surface area contributed by atoms with E-state index in [0.717, 1.165) is 36.0 Å². The summed E-state index contributed by atoms with van der Waals surface area (Å²) in [5.41, 5.74) is 2.95. The first-order chi connectivity index (χ1) is 13.9. The fourth-order valence-electron chi connectivity index (χ4n) is 3.59. The summed E-state index contributed by atoms with van der Waals surface area (Å²) in [7, 11) is 0. The van der Waals surface area contributed by atoms with Crippen LogP contribution in [0.5, 0.6) is 0 Å². The molecule has 1 aliphatic rings. The van der Waals surface area contributed by atoms with Crippen LogP contribution < -0.4 is 4.90 Å². The number of oxazole rings is 1. The van der Waals surface area contributed by atoms with Gasteiger partial charge in [0.15, 0.2) is 0 Å². The van der Waals surface area contributed by atoms with Crippen molar-refractivity contribution in [2.75, 3.05) is 31.1 Å². The minimum Gasteiger partial charge on any atom is -0.444 e. The molecule has 1 saturated heterocycles. The molecule has 2 heterocycles. The van der Waals surface area contributed by atoms with Crippen LogP contribution in [-0.4, -0.2) is 36.1 Å². The first-order valence-corrected chi connectivity index (χ1v) is 9.55. The van der Waals surface area contributed by atoms with Gasteiger partial charge in [-0.2, -0.15) is 13.2 Å². The standard InChI is InChI=1S/C22H22F3N3O/c1-16-5-2-3-8-20(16)21-26-18(15-29-21)14-27-9-11-28(12-10-27)19-7-4-6-17(13-19)22(23,24)25/h2-8,13,15H,9-12,14H2,1H3. The maximum Gasteiger partial charge on any atom is 0.416 e. The summed E-state index contributed by atoms with van der Waals surface area (Å²) < 4.78 is 44.5. The van der Waals surface area contributed by atoms with E-state index >= 15 is 0 Å². The number of rotatable bonds is 4. The van der Waals surface area contributed by atoms with E-state index < -0.39 is 11.7 Å². The summed E-state index contributed by atoms with van der Waals surface area (Å²) >= 11 is 0. The number of nitrogens with zero attached hydrogens (tertiary/aromatic N) is 3. The van der Waals surface area contributed by atoms with Crippen LogP contribution in [-0.2, 0) is 12.7 Å². The van der Waals surface area contributed by atoms with Gasteiger partial charge in [0, 0.05) is 44.0 Å². The molecule has 152 valence electrons. The average Bonchev–Trinajstić information content (AvgIpc) is 3.16. The van der Waals surface area contributed by atoms with Crippen LogP contribution >= 0.6 is 0 Å². The van der Waals surface area contributed by atoms with Gasteiger partial charge in [0.25, 0.3) is 0 Å². The van der Waals surface area contributed by atoms with Crippen LogP contribution in [0.15, 0.2) is 59.2 Å². The fourth-order valence-corrected chi connectivity index (χ4v) is 3.59. The number of hydrogen-bond acceptors (Lipinski definition) is 4. The number of hydrogen-bond donors (Lipinski definition) is 0. The van der Waals surface area contributed by atoms with Gasteiger partial charge in [0.1, 0.15) is 6.26 Å². The van der Waals surface area contributed by atoms with Gasteiger partial charge in [-0.25, -0.2) is 4.98 Å². The molecule has 0 N–H and O–H groups in total. The molecule has 0 spiro atoms. The second-order valence-electron chi connectivity index (χ2n) is 7.27. The number of piperazine rings is 1. The van der Waals surface area contributed by atoms with Gasteiger partial charge in [0.2, 0.25) is 5.89 Å². The number of anilines is 1. The number of halogens is 3. The van der Waals surface area contributed by atoms with E-state index in [4.69, 9.17) is 4.42 Å². The minimum atomic E-state index is -4.32. The molecule has 0 aliphatic carbocycles. The zero-order valence-electron chi connectivity index (χ0n) is 16.1. The molecule has 0 amide bonds. The van der Waals surface area contributed by atoms with Crippen molar-refractivity contribution in [3.63, 3.8) is 0 Å². The molecular weight excluding hydrogens is 379 g/mol. The third-order valence-electron chi connectivity index (χ3n) is 5.22. The SMILES string of the molecule is Cc1ccccc1-c1nc(CN2CCN(c3cccc(C(F)(F)F)c3)CC2)co1. The zero-order valence-corrected chi connectivity index (χ0v) is 16.1. The van der Waals surface area contributed by atoms with Crippen molar-refractivity contribution in [2.24, 2.45) is 0 Å². The normalized spacial score (nSPS) is 15.7. The van der Waals surface area contributed by atoms with E-state index in [1.54, 1.807) is 12.3 Å². The average molecular weight is 401 g/mol. The van der Waals surface area contributed by atoms with E-state index in [1.807, 2.05) is 36.1 Å². The highest BCUT2D eigenvalue weighted by molar-refractivity contribution is 5.58.